The van der Waals surface area contributed by atoms with Crippen molar-refractivity contribution in [3.8, 4) is 0 Å². The molecular weight excluding hydrogens is 576 g/mol. The number of quaternary nitrogens is 1. The zero-order valence-electron chi connectivity index (χ0n) is 30.9. The summed E-state index contributed by atoms with van der Waals surface area (Å²) < 4.78 is 0.775. The summed E-state index contributed by atoms with van der Waals surface area (Å²) in [5.74, 6) is -1.50. The number of hydrogen-bond donors (Lipinski definition) is 2. The number of rotatable bonds is 14. The largest absolute Gasteiger partial charge is 0.481 e. The maximum Gasteiger partial charge on any atom is 0.373 e. The van der Waals surface area contributed by atoms with E-state index in [0.717, 1.165) is 48.2 Å². The second kappa shape index (κ2) is 13.6. The Bertz CT molecular complexity index is 1170. The van der Waals surface area contributed by atoms with Gasteiger partial charge in [-0.05, 0) is 105 Å². The minimum absolute atomic E-state index is 0.0886. The lowest BCUT2D eigenvalue weighted by molar-refractivity contribution is -0.869. The van der Waals surface area contributed by atoms with Gasteiger partial charge in [-0.2, -0.15) is 0 Å². The van der Waals surface area contributed by atoms with E-state index in [1.807, 2.05) is 6.92 Å². The molecular formula is C39H67N2O5+. The molecule has 2 N–H and O–H groups in total. The van der Waals surface area contributed by atoms with Crippen LogP contribution in [-0.4, -0.2) is 84.6 Å². The van der Waals surface area contributed by atoms with Crippen molar-refractivity contribution in [3.05, 3.63) is 11.6 Å². The summed E-state index contributed by atoms with van der Waals surface area (Å²) in [6, 6.07) is -0.208. The highest BCUT2D eigenvalue weighted by molar-refractivity contribution is 6.37. The summed E-state index contributed by atoms with van der Waals surface area (Å²) in [5, 5.41) is 20.3. The molecule has 46 heavy (non-hydrogen) atoms. The second-order valence-electron chi connectivity index (χ2n) is 18.2. The molecule has 4 rings (SSSR count). The molecule has 7 heteroatoms. The SMILES string of the molecule is CCC1([C@H](C(=O)O)C(=O)C(=O)O)CC2=CCC3C(CC[C@@]4(C)C3CC[C@@H]4[C@H](C)CCCC(C)C)[C@@]2(C)CC1N(C)CC[N+](C)(C)C. The van der Waals surface area contributed by atoms with E-state index in [1.165, 1.54) is 50.5 Å². The molecule has 7 nitrogen and oxygen atoms in total. The van der Waals surface area contributed by atoms with E-state index < -0.39 is 29.1 Å². The number of allylic oxidation sites excluding steroid dienone is 2. The first-order valence-electron chi connectivity index (χ1n) is 18.5. The summed E-state index contributed by atoms with van der Waals surface area (Å²) >= 11 is 0. The Morgan fingerprint density at radius 2 is 1.70 bits per heavy atom. The summed E-state index contributed by atoms with van der Waals surface area (Å²) in [4.78, 5) is 40.5. The molecule has 5 unspecified atom stereocenters. The predicted octanol–water partition coefficient (Wildman–Crippen LogP) is 7.40. The minimum Gasteiger partial charge on any atom is -0.481 e. The van der Waals surface area contributed by atoms with Crippen LogP contribution in [0.5, 0.6) is 0 Å². The fourth-order valence-electron chi connectivity index (χ4n) is 11.6. The molecule has 0 radical (unpaired) electrons. The first-order chi connectivity index (χ1) is 21.3. The topological polar surface area (TPSA) is 94.9 Å². The molecule has 4 aliphatic carbocycles. The van der Waals surface area contributed by atoms with Crippen LogP contribution >= 0.6 is 0 Å². The fourth-order valence-corrected chi connectivity index (χ4v) is 11.6. The maximum atomic E-state index is 13.2. The monoisotopic (exact) mass is 644 g/mol. The van der Waals surface area contributed by atoms with Crippen LogP contribution in [0.2, 0.25) is 0 Å². The molecule has 0 amide bonds. The van der Waals surface area contributed by atoms with Crippen LogP contribution in [0.15, 0.2) is 11.6 Å². The molecule has 0 aromatic rings. The van der Waals surface area contributed by atoms with Crippen molar-refractivity contribution in [2.75, 3.05) is 41.3 Å². The lowest BCUT2D eigenvalue weighted by Gasteiger charge is -2.63. The molecule has 0 saturated heterocycles. The molecule has 262 valence electrons. The van der Waals surface area contributed by atoms with Gasteiger partial charge in [0, 0.05) is 18.0 Å². The Morgan fingerprint density at radius 3 is 2.26 bits per heavy atom. The van der Waals surface area contributed by atoms with Crippen molar-refractivity contribution >= 4 is 17.7 Å². The first-order valence-corrected chi connectivity index (χ1v) is 18.5. The molecule has 3 fully saturated rings. The number of ketones is 1. The molecule has 0 aliphatic heterocycles. The summed E-state index contributed by atoms with van der Waals surface area (Å²) in [6.45, 7) is 15.8. The normalized spacial score (nSPS) is 37.2. The number of carboxylic acids is 2. The van der Waals surface area contributed by atoms with Gasteiger partial charge in [-0.15, -0.1) is 0 Å². The zero-order chi connectivity index (χ0) is 34.4. The number of fused-ring (bicyclic) bond motifs is 5. The Labute approximate surface area is 280 Å². The van der Waals surface area contributed by atoms with Crippen molar-refractivity contribution in [2.45, 2.75) is 118 Å². The van der Waals surface area contributed by atoms with E-state index in [2.05, 4.69) is 73.8 Å². The Kier molecular flexibility index (Phi) is 11.0. The van der Waals surface area contributed by atoms with Gasteiger partial charge >= 0.3 is 11.9 Å². The third-order valence-corrected chi connectivity index (χ3v) is 14.2. The third-order valence-electron chi connectivity index (χ3n) is 14.2. The quantitative estimate of drug-likeness (QED) is 0.0887. The van der Waals surface area contributed by atoms with Crippen molar-refractivity contribution in [3.63, 3.8) is 0 Å². The van der Waals surface area contributed by atoms with Crippen LogP contribution in [-0.2, 0) is 14.4 Å². The van der Waals surface area contributed by atoms with Gasteiger partial charge < -0.3 is 14.7 Å². The molecule has 0 heterocycles. The average Bonchev–Trinajstić information content (AvgIpc) is 3.32. The van der Waals surface area contributed by atoms with Crippen LogP contribution in [0.1, 0.15) is 112 Å². The molecule has 10 atom stereocenters. The minimum atomic E-state index is -1.64. The molecule has 0 spiro atoms. The zero-order valence-corrected chi connectivity index (χ0v) is 30.9. The fraction of sp³-hybridized carbons (Fsp3) is 0.872. The molecule has 0 aromatic heterocycles. The van der Waals surface area contributed by atoms with Crippen LogP contribution in [0.4, 0.5) is 0 Å². The predicted molar refractivity (Wildman–Crippen MR) is 184 cm³/mol. The van der Waals surface area contributed by atoms with Crippen LogP contribution in [0, 0.1) is 57.7 Å². The van der Waals surface area contributed by atoms with E-state index in [9.17, 15) is 24.6 Å². The van der Waals surface area contributed by atoms with Gasteiger partial charge in [0.2, 0.25) is 0 Å². The number of carbonyl (C=O) groups is 3. The van der Waals surface area contributed by atoms with Crippen LogP contribution in [0.25, 0.3) is 0 Å². The van der Waals surface area contributed by atoms with Gasteiger partial charge in [0.25, 0.3) is 5.78 Å². The van der Waals surface area contributed by atoms with Gasteiger partial charge in [-0.25, -0.2) is 4.79 Å². The highest BCUT2D eigenvalue weighted by Gasteiger charge is 2.64. The van der Waals surface area contributed by atoms with Crippen molar-refractivity contribution < 1.29 is 29.1 Å². The van der Waals surface area contributed by atoms with Gasteiger partial charge in [0.05, 0.1) is 27.7 Å². The standard InChI is InChI=1S/C39H66N2O5/c1-11-39(33(35(43)44)34(42)36(45)46)23-27-15-16-28-30-18-17-29(26(4)14-12-13-25(2)3)37(30,5)20-19-31(28)38(27,6)24-32(39)40(7)21-22-41(8,9)10/h15,25-26,28-33H,11-14,16-24H2,1-10H3,(H-,43,44,45,46)/p+1/t26-,28?,29-,30?,31?,32?,33+,37-,38+,39?/m1/s1. The van der Waals surface area contributed by atoms with Crippen LogP contribution < -0.4 is 0 Å². The summed E-state index contributed by atoms with van der Waals surface area (Å²) in [6.07, 6.45) is 14.3. The number of Topliss-reactive ketones (excluding diaryl/α,β-unsaturated/α-hetero) is 1. The second-order valence-corrected chi connectivity index (χ2v) is 18.2. The number of aliphatic carboxylic acids is 2. The smallest absolute Gasteiger partial charge is 0.373 e. The van der Waals surface area contributed by atoms with E-state index in [4.69, 9.17) is 0 Å². The lowest BCUT2D eigenvalue weighted by Crippen LogP contribution is -2.63. The third kappa shape index (κ3) is 6.75. The van der Waals surface area contributed by atoms with Crippen molar-refractivity contribution in [1.82, 2.24) is 4.90 Å². The number of carbonyl (C=O) groups excluding carboxylic acids is 1. The van der Waals surface area contributed by atoms with E-state index >= 15 is 0 Å². The maximum absolute atomic E-state index is 13.2. The molecule has 0 aromatic carbocycles. The van der Waals surface area contributed by atoms with E-state index in [1.54, 1.807) is 0 Å². The average molecular weight is 644 g/mol. The lowest BCUT2D eigenvalue weighted by atomic mass is 9.43. The highest BCUT2D eigenvalue weighted by Crippen LogP contribution is 2.69. The number of likely N-dealkylation sites (N-methyl/N-ethyl adjacent to an activating group) is 2. The van der Waals surface area contributed by atoms with E-state index in [0.29, 0.717) is 36.0 Å². The Morgan fingerprint density at radius 1 is 1.02 bits per heavy atom. The number of hydrogen-bond acceptors (Lipinski definition) is 4. The van der Waals surface area contributed by atoms with Gasteiger partial charge in [0.15, 0.2) is 0 Å². The summed E-state index contributed by atoms with van der Waals surface area (Å²) in [5.41, 5.74) is 0.600. The van der Waals surface area contributed by atoms with E-state index in [-0.39, 0.29) is 11.5 Å². The molecule has 3 saturated carbocycles. The van der Waals surface area contributed by atoms with Gasteiger partial charge in [-0.3, -0.25) is 14.5 Å². The van der Waals surface area contributed by atoms with Crippen LogP contribution in [0.3, 0.4) is 0 Å². The molecule has 0 bridgehead atoms. The molecule has 4 aliphatic rings. The number of carboxylic acid groups (broad SMARTS) is 2. The van der Waals surface area contributed by atoms with Gasteiger partial charge in [0.1, 0.15) is 5.92 Å². The Balaban J connectivity index is 1.70. The Hall–Kier alpha value is -1.73. The highest BCUT2D eigenvalue weighted by atomic mass is 16.4. The summed E-state index contributed by atoms with van der Waals surface area (Å²) in [7, 11) is 8.54. The van der Waals surface area contributed by atoms with Gasteiger partial charge in [-0.1, -0.05) is 72.5 Å². The number of nitrogens with zero attached hydrogens (tertiary/aromatic N) is 2. The van der Waals surface area contributed by atoms with Crippen molar-refractivity contribution in [1.29, 1.82) is 0 Å². The first kappa shape index (κ1) is 37.1. The van der Waals surface area contributed by atoms with Crippen molar-refractivity contribution in [2.24, 2.45) is 57.7 Å².